The molecule has 0 unspecified atom stereocenters. The van der Waals surface area contributed by atoms with E-state index in [1.54, 1.807) is 44.6 Å². The van der Waals surface area contributed by atoms with Crippen molar-refractivity contribution in [3.63, 3.8) is 0 Å². The predicted octanol–water partition coefficient (Wildman–Crippen LogP) is 4.19. The summed E-state index contributed by atoms with van der Waals surface area (Å²) in [7, 11) is 3.14. The number of hydrogen-bond acceptors (Lipinski definition) is 5. The van der Waals surface area contributed by atoms with Crippen molar-refractivity contribution in [2.75, 3.05) is 32.7 Å². The van der Waals surface area contributed by atoms with E-state index in [1.165, 1.54) is 11.3 Å². The molecular weight excluding hydrogens is 400 g/mol. The van der Waals surface area contributed by atoms with Crippen molar-refractivity contribution in [3.8, 4) is 5.75 Å². The van der Waals surface area contributed by atoms with E-state index in [2.05, 4.69) is 10.6 Å². The van der Waals surface area contributed by atoms with Gasteiger partial charge in [-0.05, 0) is 30.3 Å². The fourth-order valence-electron chi connectivity index (χ4n) is 2.65. The third kappa shape index (κ3) is 4.27. The van der Waals surface area contributed by atoms with E-state index in [4.69, 9.17) is 21.1 Å². The maximum absolute atomic E-state index is 12.8. The average Bonchev–Trinajstić information content (AvgIpc) is 3.04. The summed E-state index contributed by atoms with van der Waals surface area (Å²) in [6.45, 7) is 0.780. The van der Waals surface area contributed by atoms with Crippen LogP contribution in [-0.4, -0.2) is 39.2 Å². The second-order valence-corrected chi connectivity index (χ2v) is 7.29. The number of anilines is 1. The van der Waals surface area contributed by atoms with Gasteiger partial charge in [-0.3, -0.25) is 9.59 Å². The van der Waals surface area contributed by atoms with Crippen molar-refractivity contribution in [2.45, 2.75) is 0 Å². The maximum Gasteiger partial charge on any atom is 0.267 e. The van der Waals surface area contributed by atoms with Crippen molar-refractivity contribution in [1.29, 1.82) is 0 Å². The van der Waals surface area contributed by atoms with Gasteiger partial charge in [0.15, 0.2) is 0 Å². The molecule has 2 aromatic carbocycles. The molecule has 0 saturated heterocycles. The van der Waals surface area contributed by atoms with Gasteiger partial charge in [-0.25, -0.2) is 0 Å². The first-order chi connectivity index (χ1) is 13.5. The molecule has 6 nitrogen and oxygen atoms in total. The van der Waals surface area contributed by atoms with Crippen LogP contribution in [0.4, 0.5) is 5.69 Å². The summed E-state index contributed by atoms with van der Waals surface area (Å²) < 4.78 is 11.0. The Kier molecular flexibility index (Phi) is 6.51. The number of carbonyl (C=O) groups excluding carboxylic acids is 2. The van der Waals surface area contributed by atoms with Gasteiger partial charge < -0.3 is 20.1 Å². The minimum absolute atomic E-state index is 0.292. The Bertz CT molecular complexity index is 1020. The Labute approximate surface area is 171 Å². The van der Waals surface area contributed by atoms with E-state index < -0.39 is 0 Å². The van der Waals surface area contributed by atoms with Crippen molar-refractivity contribution < 1.29 is 19.1 Å². The van der Waals surface area contributed by atoms with E-state index in [0.29, 0.717) is 40.1 Å². The van der Waals surface area contributed by atoms with Gasteiger partial charge in [0.25, 0.3) is 11.8 Å². The zero-order valence-electron chi connectivity index (χ0n) is 15.4. The highest BCUT2D eigenvalue weighted by Crippen LogP contribution is 2.37. The highest BCUT2D eigenvalue weighted by atomic mass is 35.5. The van der Waals surface area contributed by atoms with Gasteiger partial charge in [-0.15, -0.1) is 11.3 Å². The first-order valence-electron chi connectivity index (χ1n) is 8.48. The third-order valence-corrected chi connectivity index (χ3v) is 5.71. The SMILES string of the molecule is COCCNC(=O)c1ccccc1NC(=O)c1sc2cc(OC)ccc2c1Cl. The molecule has 0 saturated carbocycles. The van der Waals surface area contributed by atoms with Gasteiger partial charge in [0.1, 0.15) is 10.6 Å². The Morgan fingerprint density at radius 1 is 1.11 bits per heavy atom. The van der Waals surface area contributed by atoms with E-state index in [9.17, 15) is 9.59 Å². The summed E-state index contributed by atoms with van der Waals surface area (Å²) >= 11 is 7.69. The molecule has 1 aromatic heterocycles. The lowest BCUT2D eigenvalue weighted by molar-refractivity contribution is 0.0938. The number of rotatable bonds is 7. The lowest BCUT2D eigenvalue weighted by Crippen LogP contribution is -2.28. The number of thiophene rings is 1. The predicted molar refractivity (Wildman–Crippen MR) is 112 cm³/mol. The van der Waals surface area contributed by atoms with Crippen LogP contribution in [0.25, 0.3) is 10.1 Å². The molecule has 3 aromatic rings. The molecule has 3 rings (SSSR count). The van der Waals surface area contributed by atoms with E-state index in [-0.39, 0.29) is 11.8 Å². The number of para-hydroxylation sites is 1. The molecule has 2 amide bonds. The Balaban J connectivity index is 1.85. The van der Waals surface area contributed by atoms with Crippen LogP contribution in [0.1, 0.15) is 20.0 Å². The highest BCUT2D eigenvalue weighted by Gasteiger charge is 2.20. The summed E-state index contributed by atoms with van der Waals surface area (Å²) in [5.41, 5.74) is 0.777. The van der Waals surface area contributed by atoms with E-state index >= 15 is 0 Å². The molecule has 0 aliphatic heterocycles. The van der Waals surface area contributed by atoms with Crippen molar-refractivity contribution in [1.82, 2.24) is 5.32 Å². The van der Waals surface area contributed by atoms with Crippen LogP contribution < -0.4 is 15.4 Å². The fourth-order valence-corrected chi connectivity index (χ4v) is 4.09. The molecule has 0 spiro atoms. The molecule has 0 atom stereocenters. The van der Waals surface area contributed by atoms with Gasteiger partial charge in [0.05, 0.1) is 30.0 Å². The zero-order chi connectivity index (χ0) is 20.1. The van der Waals surface area contributed by atoms with Crippen LogP contribution in [0.15, 0.2) is 42.5 Å². The largest absolute Gasteiger partial charge is 0.497 e. The first-order valence-corrected chi connectivity index (χ1v) is 9.68. The Hall–Kier alpha value is -2.61. The number of hydrogen-bond donors (Lipinski definition) is 2. The standard InChI is InChI=1S/C20H19ClN2O4S/c1-26-10-9-22-19(24)13-5-3-4-6-15(13)23-20(25)18-17(21)14-8-7-12(27-2)11-16(14)28-18/h3-8,11H,9-10H2,1-2H3,(H,22,24)(H,23,25). The highest BCUT2D eigenvalue weighted by molar-refractivity contribution is 7.21. The summed E-state index contributed by atoms with van der Waals surface area (Å²) in [6.07, 6.45) is 0. The smallest absolute Gasteiger partial charge is 0.267 e. The molecule has 146 valence electrons. The Morgan fingerprint density at radius 2 is 1.89 bits per heavy atom. The van der Waals surface area contributed by atoms with Crippen LogP contribution in [0, 0.1) is 0 Å². The van der Waals surface area contributed by atoms with Gasteiger partial charge >= 0.3 is 0 Å². The van der Waals surface area contributed by atoms with Crippen molar-refractivity contribution in [2.24, 2.45) is 0 Å². The lowest BCUT2D eigenvalue weighted by atomic mass is 10.1. The second kappa shape index (κ2) is 9.05. The summed E-state index contributed by atoms with van der Waals surface area (Å²) in [6, 6.07) is 12.3. The molecule has 2 N–H and O–H groups in total. The van der Waals surface area contributed by atoms with Crippen LogP contribution in [0.5, 0.6) is 5.75 Å². The number of amides is 2. The minimum Gasteiger partial charge on any atom is -0.497 e. The normalized spacial score (nSPS) is 10.7. The molecule has 8 heteroatoms. The van der Waals surface area contributed by atoms with Crippen LogP contribution in [0.3, 0.4) is 0 Å². The van der Waals surface area contributed by atoms with Crippen LogP contribution in [-0.2, 0) is 4.74 Å². The number of fused-ring (bicyclic) bond motifs is 1. The summed E-state index contributed by atoms with van der Waals surface area (Å²) in [4.78, 5) is 25.6. The molecule has 0 aliphatic carbocycles. The number of nitrogens with one attached hydrogen (secondary N) is 2. The number of ether oxygens (including phenoxy) is 2. The van der Waals surface area contributed by atoms with Gasteiger partial charge in [0, 0.05) is 23.7 Å². The molecule has 0 bridgehead atoms. The van der Waals surface area contributed by atoms with Crippen LogP contribution >= 0.6 is 22.9 Å². The Morgan fingerprint density at radius 3 is 2.64 bits per heavy atom. The molecule has 1 heterocycles. The third-order valence-electron chi connectivity index (χ3n) is 4.05. The molecular formula is C20H19ClN2O4S. The minimum atomic E-state index is -0.373. The fraction of sp³-hybridized carbons (Fsp3) is 0.200. The maximum atomic E-state index is 12.8. The average molecular weight is 419 g/mol. The summed E-state index contributed by atoms with van der Waals surface area (Å²) in [5, 5.41) is 6.70. The number of benzene rings is 2. The van der Waals surface area contributed by atoms with Crippen molar-refractivity contribution in [3.05, 3.63) is 57.9 Å². The van der Waals surface area contributed by atoms with Crippen LogP contribution in [0.2, 0.25) is 5.02 Å². The first kappa shape index (κ1) is 20.1. The second-order valence-electron chi connectivity index (χ2n) is 5.86. The zero-order valence-corrected chi connectivity index (χ0v) is 16.9. The molecule has 28 heavy (non-hydrogen) atoms. The molecule has 0 aliphatic rings. The number of methoxy groups -OCH3 is 2. The molecule has 0 fully saturated rings. The van der Waals surface area contributed by atoms with Crippen molar-refractivity contribution >= 4 is 50.5 Å². The lowest BCUT2D eigenvalue weighted by Gasteiger charge is -2.11. The molecule has 0 radical (unpaired) electrons. The number of carbonyl (C=O) groups is 2. The number of halogens is 1. The van der Waals surface area contributed by atoms with E-state index in [1.807, 2.05) is 12.1 Å². The monoisotopic (exact) mass is 418 g/mol. The van der Waals surface area contributed by atoms with Gasteiger partial charge in [-0.2, -0.15) is 0 Å². The quantitative estimate of drug-likeness (QED) is 0.564. The topological polar surface area (TPSA) is 76.7 Å². The van der Waals surface area contributed by atoms with Gasteiger partial charge in [-0.1, -0.05) is 23.7 Å². The van der Waals surface area contributed by atoms with E-state index in [0.717, 1.165) is 10.1 Å². The summed E-state index contributed by atoms with van der Waals surface area (Å²) in [5.74, 6) is 0.0258. The van der Waals surface area contributed by atoms with Gasteiger partial charge in [0.2, 0.25) is 0 Å².